The fourth-order valence-corrected chi connectivity index (χ4v) is 2.25. The average Bonchev–Trinajstić information content (AvgIpc) is 2.47. The molecule has 0 heterocycles. The Bertz CT molecular complexity index is 607. The van der Waals surface area contributed by atoms with E-state index in [1.807, 2.05) is 25.2 Å². The molecule has 2 aromatic rings. The van der Waals surface area contributed by atoms with Gasteiger partial charge in [0.1, 0.15) is 18.2 Å². The highest BCUT2D eigenvalue weighted by molar-refractivity contribution is 6.31. The van der Waals surface area contributed by atoms with Crippen molar-refractivity contribution >= 4 is 23.2 Å². The number of ether oxygens (including phenoxy) is 1. The van der Waals surface area contributed by atoms with Crippen molar-refractivity contribution in [2.45, 2.75) is 12.5 Å². The van der Waals surface area contributed by atoms with Crippen LogP contribution in [0.2, 0.25) is 10.0 Å². The van der Waals surface area contributed by atoms with E-state index in [2.05, 4.69) is 5.32 Å². The van der Waals surface area contributed by atoms with Crippen molar-refractivity contribution in [2.24, 2.45) is 0 Å². The van der Waals surface area contributed by atoms with Gasteiger partial charge < -0.3 is 10.1 Å². The maximum absolute atomic E-state index is 13.4. The molecule has 0 aliphatic rings. The number of rotatable bonds is 6. The van der Waals surface area contributed by atoms with Crippen molar-refractivity contribution < 1.29 is 9.13 Å². The largest absolute Gasteiger partial charge is 0.492 e. The molecule has 0 fully saturated rings. The number of nitrogens with one attached hydrogen (secondary N) is 1. The second kappa shape index (κ2) is 7.64. The van der Waals surface area contributed by atoms with Gasteiger partial charge in [-0.3, -0.25) is 0 Å². The second-order valence-electron chi connectivity index (χ2n) is 4.71. The molecule has 1 N–H and O–H groups in total. The average molecular weight is 328 g/mol. The van der Waals surface area contributed by atoms with Crippen LogP contribution < -0.4 is 10.1 Å². The lowest BCUT2D eigenvalue weighted by Crippen LogP contribution is -2.33. The maximum atomic E-state index is 13.4. The summed E-state index contributed by atoms with van der Waals surface area (Å²) in [6, 6.07) is 12.1. The molecule has 0 saturated heterocycles. The topological polar surface area (TPSA) is 21.3 Å². The predicted molar refractivity (Wildman–Crippen MR) is 84.9 cm³/mol. The third-order valence-corrected chi connectivity index (χ3v) is 3.66. The first-order valence-corrected chi connectivity index (χ1v) is 7.33. The normalized spacial score (nSPS) is 12.2. The summed E-state index contributed by atoms with van der Waals surface area (Å²) in [4.78, 5) is 0. The van der Waals surface area contributed by atoms with Crippen molar-refractivity contribution in [1.29, 1.82) is 0 Å². The van der Waals surface area contributed by atoms with Gasteiger partial charge in [-0.15, -0.1) is 0 Å². The summed E-state index contributed by atoms with van der Waals surface area (Å²) in [6.07, 6.45) is 0.644. The van der Waals surface area contributed by atoms with Crippen molar-refractivity contribution in [3.8, 4) is 5.75 Å². The van der Waals surface area contributed by atoms with Gasteiger partial charge in [0.15, 0.2) is 0 Å². The van der Waals surface area contributed by atoms with E-state index >= 15 is 0 Å². The number of hydrogen-bond acceptors (Lipinski definition) is 2. The Morgan fingerprint density at radius 3 is 2.67 bits per heavy atom. The minimum absolute atomic E-state index is 0.0598. The highest BCUT2D eigenvalue weighted by Gasteiger charge is 2.10. The summed E-state index contributed by atoms with van der Waals surface area (Å²) in [7, 11) is 1.85. The monoisotopic (exact) mass is 327 g/mol. The molecule has 0 aromatic heterocycles. The van der Waals surface area contributed by atoms with E-state index in [0.29, 0.717) is 23.8 Å². The van der Waals surface area contributed by atoms with Gasteiger partial charge >= 0.3 is 0 Å². The third kappa shape index (κ3) is 4.88. The van der Waals surface area contributed by atoms with E-state index in [4.69, 9.17) is 27.9 Å². The van der Waals surface area contributed by atoms with Gasteiger partial charge in [-0.1, -0.05) is 35.3 Å². The molecule has 0 aliphatic heterocycles. The summed E-state index contributed by atoms with van der Waals surface area (Å²) in [6.45, 7) is 0.459. The molecule has 112 valence electrons. The number of likely N-dealkylation sites (N-methyl/N-ethyl adjacent to an activating group) is 1. The van der Waals surface area contributed by atoms with Gasteiger partial charge in [-0.25, -0.2) is 4.39 Å². The van der Waals surface area contributed by atoms with E-state index < -0.39 is 5.82 Å². The predicted octanol–water partition coefficient (Wildman–Crippen LogP) is 4.34. The summed E-state index contributed by atoms with van der Waals surface area (Å²) < 4.78 is 19.1. The molecular formula is C16H16Cl2FNO. The summed E-state index contributed by atoms with van der Waals surface area (Å²) in [5.74, 6) is 0.310. The zero-order chi connectivity index (χ0) is 15.2. The Morgan fingerprint density at radius 1 is 1.19 bits per heavy atom. The number of benzene rings is 2. The molecule has 0 spiro atoms. The van der Waals surface area contributed by atoms with Crippen LogP contribution in [0.25, 0.3) is 0 Å². The zero-order valence-electron chi connectivity index (χ0n) is 11.6. The molecule has 2 aromatic carbocycles. The molecule has 0 amide bonds. The summed E-state index contributed by atoms with van der Waals surface area (Å²) in [5, 5.41) is 3.92. The van der Waals surface area contributed by atoms with Crippen LogP contribution in [0, 0.1) is 5.82 Å². The van der Waals surface area contributed by atoms with Crippen molar-refractivity contribution in [2.75, 3.05) is 13.7 Å². The minimum Gasteiger partial charge on any atom is -0.492 e. The standard InChI is InChI=1S/C16H16Cl2FNO/c1-20-13(7-11-5-6-15(18)16(19)8-11)10-21-14-4-2-3-12(17)9-14/h2-6,8-9,13,20H,7,10H2,1H3. The highest BCUT2D eigenvalue weighted by Crippen LogP contribution is 2.19. The maximum Gasteiger partial charge on any atom is 0.142 e. The van der Waals surface area contributed by atoms with Crippen LogP contribution in [0.5, 0.6) is 5.75 Å². The lowest BCUT2D eigenvalue weighted by atomic mass is 10.1. The quantitative estimate of drug-likeness (QED) is 0.852. The molecule has 0 bridgehead atoms. The molecule has 0 saturated carbocycles. The smallest absolute Gasteiger partial charge is 0.142 e. The van der Waals surface area contributed by atoms with Gasteiger partial charge in [-0.2, -0.15) is 0 Å². The van der Waals surface area contributed by atoms with Crippen molar-refractivity contribution in [1.82, 2.24) is 5.32 Å². The summed E-state index contributed by atoms with van der Waals surface area (Å²) >= 11 is 11.6. The molecule has 1 atom stereocenters. The number of halogens is 3. The van der Waals surface area contributed by atoms with E-state index in [-0.39, 0.29) is 11.1 Å². The first-order valence-electron chi connectivity index (χ1n) is 6.58. The highest BCUT2D eigenvalue weighted by atomic mass is 35.5. The Morgan fingerprint density at radius 2 is 2.00 bits per heavy atom. The molecule has 2 nitrogen and oxygen atoms in total. The van der Waals surface area contributed by atoms with Gasteiger partial charge in [0.05, 0.1) is 5.02 Å². The molecule has 1 unspecified atom stereocenters. The number of hydrogen-bond donors (Lipinski definition) is 1. The molecular weight excluding hydrogens is 312 g/mol. The van der Waals surface area contributed by atoms with Crippen LogP contribution in [0.3, 0.4) is 0 Å². The molecule has 21 heavy (non-hydrogen) atoms. The Kier molecular flexibility index (Phi) is 5.85. The van der Waals surface area contributed by atoms with E-state index in [1.165, 1.54) is 6.07 Å². The Labute approximate surface area is 133 Å². The van der Waals surface area contributed by atoms with E-state index in [0.717, 1.165) is 5.56 Å². The third-order valence-electron chi connectivity index (χ3n) is 3.12. The Balaban J connectivity index is 1.95. The fourth-order valence-electron chi connectivity index (χ4n) is 1.95. The van der Waals surface area contributed by atoms with Gasteiger partial charge in [0.2, 0.25) is 0 Å². The van der Waals surface area contributed by atoms with Crippen LogP contribution in [0.15, 0.2) is 42.5 Å². The van der Waals surface area contributed by atoms with Gasteiger partial charge in [-0.05, 0) is 49.4 Å². The van der Waals surface area contributed by atoms with E-state index in [9.17, 15) is 4.39 Å². The molecule has 5 heteroatoms. The van der Waals surface area contributed by atoms with Crippen LogP contribution in [0.1, 0.15) is 5.56 Å². The minimum atomic E-state index is -0.403. The first kappa shape index (κ1) is 16.1. The zero-order valence-corrected chi connectivity index (χ0v) is 13.1. The van der Waals surface area contributed by atoms with Crippen LogP contribution in [-0.4, -0.2) is 19.7 Å². The molecule has 0 radical (unpaired) electrons. The summed E-state index contributed by atoms with van der Waals surface area (Å²) in [5.41, 5.74) is 0.867. The van der Waals surface area contributed by atoms with Crippen molar-refractivity contribution in [3.63, 3.8) is 0 Å². The lowest BCUT2D eigenvalue weighted by Gasteiger charge is -2.17. The molecule has 2 rings (SSSR count). The van der Waals surface area contributed by atoms with Crippen molar-refractivity contribution in [3.05, 3.63) is 63.9 Å². The first-order chi connectivity index (χ1) is 10.1. The fraction of sp³-hybridized carbons (Fsp3) is 0.250. The van der Waals surface area contributed by atoms with Crippen LogP contribution in [-0.2, 0) is 6.42 Å². The van der Waals surface area contributed by atoms with Crippen LogP contribution in [0.4, 0.5) is 4.39 Å². The van der Waals surface area contributed by atoms with Gasteiger partial charge in [0, 0.05) is 11.1 Å². The van der Waals surface area contributed by atoms with Gasteiger partial charge in [0.25, 0.3) is 0 Å². The second-order valence-corrected chi connectivity index (χ2v) is 5.55. The lowest BCUT2D eigenvalue weighted by molar-refractivity contribution is 0.269. The SMILES string of the molecule is CNC(COc1cccc(Cl)c1)Cc1ccc(Cl)c(F)c1. The van der Waals surface area contributed by atoms with E-state index in [1.54, 1.807) is 18.2 Å². The van der Waals surface area contributed by atoms with Crippen LogP contribution >= 0.6 is 23.2 Å². The Hall–Kier alpha value is -1.29. The molecule has 0 aliphatic carbocycles.